The maximum absolute atomic E-state index is 12.9. The molecule has 0 aliphatic carbocycles. The smallest absolute Gasteiger partial charge is 0.285 e. The Morgan fingerprint density at radius 2 is 1.78 bits per heavy atom. The lowest BCUT2D eigenvalue weighted by Crippen LogP contribution is -2.35. The third-order valence-electron chi connectivity index (χ3n) is 5.05. The summed E-state index contributed by atoms with van der Waals surface area (Å²) in [5.74, 6) is -0.248. The van der Waals surface area contributed by atoms with Crippen molar-refractivity contribution in [2.45, 2.75) is 26.8 Å². The van der Waals surface area contributed by atoms with Crippen LogP contribution in [-0.4, -0.2) is 46.8 Å². The summed E-state index contributed by atoms with van der Waals surface area (Å²) in [6.07, 6.45) is 0.858. The summed E-state index contributed by atoms with van der Waals surface area (Å²) in [4.78, 5) is 28.0. The summed E-state index contributed by atoms with van der Waals surface area (Å²) in [6.45, 7) is 7.47. The van der Waals surface area contributed by atoms with Gasteiger partial charge in [0.2, 0.25) is 0 Å². The molecule has 0 N–H and O–H groups in total. The lowest BCUT2D eigenvalue weighted by atomic mass is 10.1. The van der Waals surface area contributed by atoms with Gasteiger partial charge >= 0.3 is 0 Å². The van der Waals surface area contributed by atoms with E-state index in [0.717, 1.165) is 26.1 Å². The number of carbonyl (C=O) groups is 1. The molecule has 3 rings (SSSR count). The number of benzene rings is 2. The van der Waals surface area contributed by atoms with E-state index < -0.39 is 4.92 Å². The van der Waals surface area contributed by atoms with Crippen LogP contribution in [0.1, 0.15) is 33.5 Å². The van der Waals surface area contributed by atoms with Gasteiger partial charge in [-0.15, -0.1) is 0 Å². The van der Waals surface area contributed by atoms with E-state index in [1.807, 2.05) is 0 Å². The topological polar surface area (TPSA) is 66.7 Å². The highest BCUT2D eigenvalue weighted by atomic mass is 16.6. The fourth-order valence-corrected chi connectivity index (χ4v) is 3.53. The van der Waals surface area contributed by atoms with Gasteiger partial charge in [0.25, 0.3) is 11.6 Å². The molecule has 1 aliphatic rings. The Kier molecular flexibility index (Phi) is 5.86. The van der Waals surface area contributed by atoms with Gasteiger partial charge in [-0.25, -0.2) is 0 Å². The van der Waals surface area contributed by atoms with Crippen molar-refractivity contribution in [2.75, 3.05) is 26.2 Å². The van der Waals surface area contributed by atoms with Crippen molar-refractivity contribution < 1.29 is 9.72 Å². The number of aryl methyl sites for hydroxylation is 2. The Labute approximate surface area is 159 Å². The number of rotatable bonds is 4. The largest absolute Gasteiger partial charge is 0.337 e. The Bertz CT molecular complexity index is 833. The third kappa shape index (κ3) is 4.52. The van der Waals surface area contributed by atoms with E-state index in [1.165, 1.54) is 11.1 Å². The van der Waals surface area contributed by atoms with Crippen LogP contribution in [0.15, 0.2) is 42.5 Å². The summed E-state index contributed by atoms with van der Waals surface area (Å²) in [7, 11) is 0. The first-order valence-corrected chi connectivity index (χ1v) is 9.27. The molecular formula is C21H25N3O3. The number of nitro groups is 1. The zero-order chi connectivity index (χ0) is 19.4. The van der Waals surface area contributed by atoms with Crippen LogP contribution in [0.3, 0.4) is 0 Å². The predicted molar refractivity (Wildman–Crippen MR) is 105 cm³/mol. The van der Waals surface area contributed by atoms with Crippen molar-refractivity contribution in [3.63, 3.8) is 0 Å². The summed E-state index contributed by atoms with van der Waals surface area (Å²) in [5, 5.41) is 11.4. The lowest BCUT2D eigenvalue weighted by molar-refractivity contribution is -0.385. The van der Waals surface area contributed by atoms with Crippen molar-refractivity contribution in [2.24, 2.45) is 0 Å². The summed E-state index contributed by atoms with van der Waals surface area (Å²) >= 11 is 0. The van der Waals surface area contributed by atoms with Gasteiger partial charge in [0.05, 0.1) is 4.92 Å². The van der Waals surface area contributed by atoms with Gasteiger partial charge in [-0.3, -0.25) is 19.8 Å². The minimum Gasteiger partial charge on any atom is -0.337 e. The van der Waals surface area contributed by atoms with Gasteiger partial charge in [0.15, 0.2) is 0 Å². The van der Waals surface area contributed by atoms with Gasteiger partial charge in [-0.1, -0.05) is 42.0 Å². The summed E-state index contributed by atoms with van der Waals surface area (Å²) in [5.41, 5.74) is 3.12. The fraction of sp³-hybridized carbons (Fsp3) is 0.381. The molecule has 1 heterocycles. The molecule has 1 amide bonds. The molecule has 0 bridgehead atoms. The Morgan fingerprint density at radius 1 is 1.04 bits per heavy atom. The molecule has 2 aromatic rings. The third-order valence-corrected chi connectivity index (χ3v) is 5.05. The van der Waals surface area contributed by atoms with Gasteiger partial charge in [0, 0.05) is 38.3 Å². The van der Waals surface area contributed by atoms with Crippen molar-refractivity contribution in [3.05, 3.63) is 74.8 Å². The molecule has 0 atom stereocenters. The van der Waals surface area contributed by atoms with Crippen LogP contribution in [0.25, 0.3) is 0 Å². The average molecular weight is 367 g/mol. The molecule has 1 aliphatic heterocycles. The molecule has 0 spiro atoms. The second-order valence-corrected chi connectivity index (χ2v) is 7.14. The molecule has 1 fully saturated rings. The molecule has 0 radical (unpaired) electrons. The van der Waals surface area contributed by atoms with Crippen LogP contribution in [0.5, 0.6) is 0 Å². The molecule has 142 valence electrons. The quantitative estimate of drug-likeness (QED) is 0.612. The average Bonchev–Trinajstić information content (AvgIpc) is 2.88. The molecule has 2 aromatic carbocycles. The standard InChI is InChI=1S/C21H25N3O3/c1-16-7-9-18(10-8-16)15-22-11-4-12-23(14-13-22)21(25)19-6-3-5-17(2)20(19)24(26)27/h3,5-10H,4,11-15H2,1-2H3. The van der Waals surface area contributed by atoms with Gasteiger partial charge in [-0.2, -0.15) is 0 Å². The molecule has 0 aromatic heterocycles. The second-order valence-electron chi connectivity index (χ2n) is 7.14. The normalized spacial score (nSPS) is 15.4. The van der Waals surface area contributed by atoms with Gasteiger partial charge in [0.1, 0.15) is 5.56 Å². The number of amides is 1. The molecular weight excluding hydrogens is 342 g/mol. The van der Waals surface area contributed by atoms with E-state index in [2.05, 4.69) is 36.1 Å². The van der Waals surface area contributed by atoms with Gasteiger partial charge in [-0.05, 0) is 31.9 Å². The van der Waals surface area contributed by atoms with E-state index in [0.29, 0.717) is 18.7 Å². The molecule has 6 heteroatoms. The number of para-hydroxylation sites is 1. The SMILES string of the molecule is Cc1ccc(CN2CCCN(C(=O)c3cccc(C)c3[N+](=O)[O-])CC2)cc1. The van der Waals surface area contributed by atoms with Crippen molar-refractivity contribution in [3.8, 4) is 0 Å². The Balaban J connectivity index is 1.69. The van der Waals surface area contributed by atoms with Crippen LogP contribution < -0.4 is 0 Å². The van der Waals surface area contributed by atoms with Crippen molar-refractivity contribution in [1.29, 1.82) is 0 Å². The first-order chi connectivity index (χ1) is 13.0. The van der Waals surface area contributed by atoms with E-state index in [1.54, 1.807) is 30.0 Å². The zero-order valence-electron chi connectivity index (χ0n) is 15.9. The van der Waals surface area contributed by atoms with Crippen LogP contribution in [0.4, 0.5) is 5.69 Å². The molecule has 1 saturated heterocycles. The summed E-state index contributed by atoms with van der Waals surface area (Å²) in [6, 6.07) is 13.4. The highest BCUT2D eigenvalue weighted by Gasteiger charge is 2.27. The van der Waals surface area contributed by atoms with Crippen LogP contribution in [-0.2, 0) is 6.54 Å². The first-order valence-electron chi connectivity index (χ1n) is 9.27. The number of carbonyl (C=O) groups excluding carboxylic acids is 1. The highest BCUT2D eigenvalue weighted by molar-refractivity contribution is 5.98. The van der Waals surface area contributed by atoms with E-state index >= 15 is 0 Å². The van der Waals surface area contributed by atoms with E-state index in [4.69, 9.17) is 0 Å². The van der Waals surface area contributed by atoms with Crippen molar-refractivity contribution >= 4 is 11.6 Å². The lowest BCUT2D eigenvalue weighted by Gasteiger charge is -2.22. The van der Waals surface area contributed by atoms with E-state index in [-0.39, 0.29) is 17.2 Å². The second kappa shape index (κ2) is 8.31. The fourth-order valence-electron chi connectivity index (χ4n) is 3.53. The van der Waals surface area contributed by atoms with Crippen molar-refractivity contribution in [1.82, 2.24) is 9.80 Å². The predicted octanol–water partition coefficient (Wildman–Crippen LogP) is 3.56. The number of hydrogen-bond donors (Lipinski definition) is 0. The summed E-state index contributed by atoms with van der Waals surface area (Å²) < 4.78 is 0. The van der Waals surface area contributed by atoms with Crippen LogP contribution >= 0.6 is 0 Å². The minimum atomic E-state index is -0.454. The van der Waals surface area contributed by atoms with Crippen LogP contribution in [0, 0.1) is 24.0 Å². The first kappa shape index (κ1) is 19.0. The monoisotopic (exact) mass is 367 g/mol. The minimum absolute atomic E-state index is 0.0803. The Morgan fingerprint density at radius 3 is 2.48 bits per heavy atom. The maximum atomic E-state index is 12.9. The maximum Gasteiger partial charge on any atom is 0.285 e. The number of nitrogens with zero attached hydrogens (tertiary/aromatic N) is 3. The van der Waals surface area contributed by atoms with E-state index in [9.17, 15) is 14.9 Å². The van der Waals surface area contributed by atoms with Gasteiger partial charge < -0.3 is 4.90 Å². The van der Waals surface area contributed by atoms with Crippen LogP contribution in [0.2, 0.25) is 0 Å². The highest BCUT2D eigenvalue weighted by Crippen LogP contribution is 2.25. The molecule has 0 saturated carbocycles. The number of nitro benzene ring substituents is 1. The molecule has 27 heavy (non-hydrogen) atoms. The zero-order valence-corrected chi connectivity index (χ0v) is 15.9. The molecule has 0 unspecified atom stereocenters. The Hall–Kier alpha value is -2.73. The molecule has 6 nitrogen and oxygen atoms in total. The number of hydrogen-bond acceptors (Lipinski definition) is 4.